The number of alkyl halides is 1. The standard InChI is InChI=1S/C19H15Cl2NO4/c1-24-19(23)17(12-5-3-2-4-6-12)26-16-8-7-13(21)9-15(16)18-22-14(10-20)11-25-18/h2-9,11,17H,10H2,1H3. The van der Waals surface area contributed by atoms with Crippen molar-refractivity contribution in [2.24, 2.45) is 0 Å². The summed E-state index contributed by atoms with van der Waals surface area (Å²) in [6, 6.07) is 14.0. The second-order valence-electron chi connectivity index (χ2n) is 5.35. The van der Waals surface area contributed by atoms with Crippen molar-refractivity contribution < 1.29 is 18.7 Å². The number of hydrogen-bond donors (Lipinski definition) is 0. The molecule has 1 aromatic heterocycles. The summed E-state index contributed by atoms with van der Waals surface area (Å²) in [5.41, 5.74) is 1.76. The Balaban J connectivity index is 2.01. The van der Waals surface area contributed by atoms with Crippen LogP contribution in [0.5, 0.6) is 5.75 Å². The molecule has 1 atom stereocenters. The van der Waals surface area contributed by atoms with Gasteiger partial charge in [-0.25, -0.2) is 9.78 Å². The summed E-state index contributed by atoms with van der Waals surface area (Å²) in [7, 11) is 1.31. The van der Waals surface area contributed by atoms with Gasteiger partial charge in [0.2, 0.25) is 12.0 Å². The molecule has 0 fully saturated rings. The number of rotatable bonds is 6. The zero-order valence-corrected chi connectivity index (χ0v) is 15.3. The second kappa shape index (κ2) is 8.25. The fourth-order valence-electron chi connectivity index (χ4n) is 2.38. The smallest absolute Gasteiger partial charge is 0.351 e. The van der Waals surface area contributed by atoms with Gasteiger partial charge in [0.25, 0.3) is 0 Å². The van der Waals surface area contributed by atoms with Crippen molar-refractivity contribution in [2.75, 3.05) is 7.11 Å². The van der Waals surface area contributed by atoms with E-state index in [2.05, 4.69) is 4.98 Å². The average molecular weight is 392 g/mol. The molecular weight excluding hydrogens is 377 g/mol. The van der Waals surface area contributed by atoms with Gasteiger partial charge in [-0.2, -0.15) is 0 Å². The largest absolute Gasteiger partial charge is 0.473 e. The van der Waals surface area contributed by atoms with Gasteiger partial charge in [-0.05, 0) is 18.2 Å². The minimum atomic E-state index is -0.941. The van der Waals surface area contributed by atoms with E-state index in [0.717, 1.165) is 0 Å². The van der Waals surface area contributed by atoms with Crippen LogP contribution in [-0.4, -0.2) is 18.1 Å². The highest BCUT2D eigenvalue weighted by molar-refractivity contribution is 6.30. The third-order valence-electron chi connectivity index (χ3n) is 3.62. The number of methoxy groups -OCH3 is 1. The van der Waals surface area contributed by atoms with E-state index in [9.17, 15) is 4.79 Å². The van der Waals surface area contributed by atoms with Crippen molar-refractivity contribution in [3.8, 4) is 17.2 Å². The van der Waals surface area contributed by atoms with Gasteiger partial charge in [-0.1, -0.05) is 41.9 Å². The predicted molar refractivity (Wildman–Crippen MR) is 98.3 cm³/mol. The number of aromatic nitrogens is 1. The molecule has 26 heavy (non-hydrogen) atoms. The molecule has 2 aromatic carbocycles. The molecule has 0 radical (unpaired) electrons. The van der Waals surface area contributed by atoms with Crippen molar-refractivity contribution in [2.45, 2.75) is 12.0 Å². The van der Waals surface area contributed by atoms with Crippen LogP contribution in [-0.2, 0) is 15.4 Å². The maximum Gasteiger partial charge on any atom is 0.351 e. The van der Waals surface area contributed by atoms with E-state index in [1.54, 1.807) is 30.3 Å². The summed E-state index contributed by atoms with van der Waals surface area (Å²) < 4.78 is 16.3. The Kier molecular flexibility index (Phi) is 5.81. The molecule has 1 unspecified atom stereocenters. The van der Waals surface area contributed by atoms with Crippen LogP contribution in [0.25, 0.3) is 11.5 Å². The van der Waals surface area contributed by atoms with E-state index in [1.165, 1.54) is 13.4 Å². The Morgan fingerprint density at radius 1 is 1.23 bits per heavy atom. The van der Waals surface area contributed by atoms with Crippen molar-refractivity contribution >= 4 is 29.2 Å². The molecule has 0 spiro atoms. The highest BCUT2D eigenvalue weighted by atomic mass is 35.5. The number of esters is 1. The quantitative estimate of drug-likeness (QED) is 0.435. The van der Waals surface area contributed by atoms with E-state index in [-0.39, 0.29) is 5.88 Å². The molecule has 134 valence electrons. The van der Waals surface area contributed by atoms with Crippen LogP contribution < -0.4 is 4.74 Å². The van der Waals surface area contributed by atoms with Gasteiger partial charge in [0.1, 0.15) is 12.0 Å². The Morgan fingerprint density at radius 3 is 2.65 bits per heavy atom. The summed E-state index contributed by atoms with van der Waals surface area (Å²) >= 11 is 11.9. The van der Waals surface area contributed by atoms with Gasteiger partial charge in [-0.3, -0.25) is 0 Å². The normalized spacial score (nSPS) is 11.8. The van der Waals surface area contributed by atoms with Gasteiger partial charge in [0.15, 0.2) is 0 Å². The van der Waals surface area contributed by atoms with Crippen LogP contribution in [0.3, 0.4) is 0 Å². The van der Waals surface area contributed by atoms with E-state index in [0.29, 0.717) is 33.5 Å². The molecule has 5 nitrogen and oxygen atoms in total. The molecule has 3 aromatic rings. The number of benzene rings is 2. The van der Waals surface area contributed by atoms with Gasteiger partial charge in [0, 0.05) is 10.6 Å². The van der Waals surface area contributed by atoms with Crippen molar-refractivity contribution in [1.29, 1.82) is 0 Å². The van der Waals surface area contributed by atoms with Crippen LogP contribution in [0.4, 0.5) is 0 Å². The monoisotopic (exact) mass is 391 g/mol. The lowest BCUT2D eigenvalue weighted by Gasteiger charge is -2.19. The number of hydrogen-bond acceptors (Lipinski definition) is 5. The first-order valence-corrected chi connectivity index (χ1v) is 8.63. The number of oxazole rings is 1. The van der Waals surface area contributed by atoms with Crippen LogP contribution in [0, 0.1) is 0 Å². The highest BCUT2D eigenvalue weighted by Gasteiger charge is 2.25. The third-order valence-corrected chi connectivity index (χ3v) is 4.13. The fourth-order valence-corrected chi connectivity index (χ4v) is 2.67. The summed E-state index contributed by atoms with van der Waals surface area (Å²) in [6.45, 7) is 0. The number of carbonyl (C=O) groups excluding carboxylic acids is 1. The van der Waals surface area contributed by atoms with Gasteiger partial charge < -0.3 is 13.9 Å². The summed E-state index contributed by atoms with van der Waals surface area (Å²) in [5.74, 6) is 0.382. The summed E-state index contributed by atoms with van der Waals surface area (Å²) in [4.78, 5) is 16.5. The molecule has 0 saturated heterocycles. The van der Waals surface area contributed by atoms with Crippen molar-refractivity contribution in [1.82, 2.24) is 4.98 Å². The van der Waals surface area contributed by atoms with Crippen LogP contribution in [0.1, 0.15) is 17.4 Å². The van der Waals surface area contributed by atoms with Crippen LogP contribution >= 0.6 is 23.2 Å². The molecule has 0 aliphatic rings. The topological polar surface area (TPSA) is 61.6 Å². The first kappa shape index (κ1) is 18.3. The van der Waals surface area contributed by atoms with E-state index < -0.39 is 12.1 Å². The fraction of sp³-hybridized carbons (Fsp3) is 0.158. The Labute approximate surface area is 160 Å². The van der Waals surface area contributed by atoms with E-state index in [1.807, 2.05) is 18.2 Å². The van der Waals surface area contributed by atoms with Gasteiger partial charge in [0.05, 0.1) is 24.2 Å². The van der Waals surface area contributed by atoms with Crippen LogP contribution in [0.15, 0.2) is 59.2 Å². The van der Waals surface area contributed by atoms with E-state index >= 15 is 0 Å². The minimum absolute atomic E-state index is 0.217. The number of carbonyl (C=O) groups is 1. The molecule has 0 aliphatic carbocycles. The Bertz CT molecular complexity index is 896. The van der Waals surface area contributed by atoms with Crippen molar-refractivity contribution in [3.05, 3.63) is 71.1 Å². The third kappa shape index (κ3) is 4.00. The minimum Gasteiger partial charge on any atom is -0.473 e. The zero-order valence-electron chi connectivity index (χ0n) is 13.8. The van der Waals surface area contributed by atoms with Gasteiger partial charge in [-0.15, -0.1) is 11.6 Å². The molecule has 3 rings (SSSR count). The summed E-state index contributed by atoms with van der Waals surface area (Å²) in [5, 5.41) is 0.479. The molecule has 0 saturated carbocycles. The first-order valence-electron chi connectivity index (χ1n) is 7.72. The zero-order chi connectivity index (χ0) is 18.5. The molecule has 7 heteroatoms. The second-order valence-corrected chi connectivity index (χ2v) is 6.05. The summed E-state index contributed by atoms with van der Waals surface area (Å²) in [6.07, 6.45) is 0.519. The Morgan fingerprint density at radius 2 is 2.00 bits per heavy atom. The Hall–Kier alpha value is -2.50. The van der Waals surface area contributed by atoms with Gasteiger partial charge >= 0.3 is 5.97 Å². The number of halogens is 2. The lowest BCUT2D eigenvalue weighted by atomic mass is 10.1. The molecule has 0 bridgehead atoms. The average Bonchev–Trinajstić information content (AvgIpc) is 3.16. The molecule has 0 N–H and O–H groups in total. The molecule has 0 aliphatic heterocycles. The lowest BCUT2D eigenvalue weighted by molar-refractivity contribution is -0.149. The van der Waals surface area contributed by atoms with Crippen molar-refractivity contribution in [3.63, 3.8) is 0 Å². The lowest BCUT2D eigenvalue weighted by Crippen LogP contribution is -2.20. The predicted octanol–water partition coefficient (Wildman–Crippen LogP) is 5.03. The van der Waals surface area contributed by atoms with E-state index in [4.69, 9.17) is 37.1 Å². The number of ether oxygens (including phenoxy) is 2. The van der Waals surface area contributed by atoms with Crippen LogP contribution in [0.2, 0.25) is 5.02 Å². The highest BCUT2D eigenvalue weighted by Crippen LogP contribution is 2.35. The maximum absolute atomic E-state index is 12.3. The maximum atomic E-state index is 12.3. The molecule has 0 amide bonds. The molecule has 1 heterocycles. The number of nitrogens with zero attached hydrogens (tertiary/aromatic N) is 1. The molecular formula is C19H15Cl2NO4. The first-order chi connectivity index (χ1) is 12.6. The SMILES string of the molecule is COC(=O)C(Oc1ccc(Cl)cc1-c1nc(CCl)co1)c1ccccc1.